The molecule has 5 heteroatoms. The zero-order valence-electron chi connectivity index (χ0n) is 9.27. The second-order valence-corrected chi connectivity index (χ2v) is 3.79. The molecule has 88 valence electrons. The predicted molar refractivity (Wildman–Crippen MR) is 66.1 cm³/mol. The zero-order valence-corrected chi connectivity index (χ0v) is 10.0. The summed E-state index contributed by atoms with van der Waals surface area (Å²) in [5, 5.41) is 7.92. The minimum Gasteiger partial charge on any atom is -0.326 e. The average molecular weight is 252 g/mol. The number of para-hydroxylation sites is 1. The highest BCUT2D eigenvalue weighted by Gasteiger charge is 2.09. The Hall–Kier alpha value is -1.68. The van der Waals surface area contributed by atoms with Crippen LogP contribution in [-0.4, -0.2) is 17.2 Å². The van der Waals surface area contributed by atoms with Crippen LogP contribution in [0.2, 0.25) is 0 Å². The van der Waals surface area contributed by atoms with E-state index in [1.807, 2.05) is 0 Å². The van der Waals surface area contributed by atoms with E-state index in [1.165, 1.54) is 6.07 Å². The minimum atomic E-state index is -0.293. The maximum atomic E-state index is 13.6. The molecule has 0 atom stereocenters. The summed E-state index contributed by atoms with van der Waals surface area (Å²) in [6.07, 6.45) is 0. The van der Waals surface area contributed by atoms with Gasteiger partial charge < -0.3 is 4.90 Å². The van der Waals surface area contributed by atoms with Crippen LogP contribution in [0.1, 0.15) is 5.69 Å². The SMILES string of the molecule is CN(c1ccc(CCl)nn1)c1ccccc1F. The monoisotopic (exact) mass is 251 g/mol. The number of alkyl halides is 1. The summed E-state index contributed by atoms with van der Waals surface area (Å²) in [5.74, 6) is 0.596. The van der Waals surface area contributed by atoms with Crippen molar-refractivity contribution < 1.29 is 4.39 Å². The van der Waals surface area contributed by atoms with Gasteiger partial charge in [-0.15, -0.1) is 16.7 Å². The molecule has 0 amide bonds. The van der Waals surface area contributed by atoms with Gasteiger partial charge in [0.05, 0.1) is 17.3 Å². The number of nitrogens with zero attached hydrogens (tertiary/aromatic N) is 3. The molecule has 2 aromatic rings. The van der Waals surface area contributed by atoms with Crippen molar-refractivity contribution in [3.63, 3.8) is 0 Å². The van der Waals surface area contributed by atoms with Crippen LogP contribution in [0.3, 0.4) is 0 Å². The largest absolute Gasteiger partial charge is 0.326 e. The van der Waals surface area contributed by atoms with Gasteiger partial charge in [-0.05, 0) is 24.3 Å². The van der Waals surface area contributed by atoms with Crippen molar-refractivity contribution in [1.29, 1.82) is 0 Å². The normalized spacial score (nSPS) is 10.3. The van der Waals surface area contributed by atoms with E-state index in [1.54, 1.807) is 42.3 Å². The van der Waals surface area contributed by atoms with E-state index in [-0.39, 0.29) is 5.82 Å². The molecule has 2 rings (SSSR count). The number of rotatable bonds is 3. The highest BCUT2D eigenvalue weighted by atomic mass is 35.5. The van der Waals surface area contributed by atoms with Gasteiger partial charge in [0, 0.05) is 7.05 Å². The van der Waals surface area contributed by atoms with Crippen molar-refractivity contribution in [2.45, 2.75) is 5.88 Å². The lowest BCUT2D eigenvalue weighted by molar-refractivity contribution is 0.627. The molecule has 1 aromatic heterocycles. The van der Waals surface area contributed by atoms with Crippen molar-refractivity contribution in [3.05, 3.63) is 47.9 Å². The van der Waals surface area contributed by atoms with Crippen molar-refractivity contribution in [2.24, 2.45) is 0 Å². The van der Waals surface area contributed by atoms with Gasteiger partial charge in [-0.3, -0.25) is 0 Å². The van der Waals surface area contributed by atoms with Crippen LogP contribution < -0.4 is 4.90 Å². The molecule has 0 fully saturated rings. The maximum Gasteiger partial charge on any atom is 0.155 e. The molecule has 0 saturated carbocycles. The molecule has 17 heavy (non-hydrogen) atoms. The fourth-order valence-electron chi connectivity index (χ4n) is 1.45. The van der Waals surface area contributed by atoms with Crippen LogP contribution in [-0.2, 0) is 5.88 Å². The van der Waals surface area contributed by atoms with Crippen LogP contribution in [0.25, 0.3) is 0 Å². The smallest absolute Gasteiger partial charge is 0.155 e. The quantitative estimate of drug-likeness (QED) is 0.785. The van der Waals surface area contributed by atoms with E-state index < -0.39 is 0 Å². The Balaban J connectivity index is 2.30. The van der Waals surface area contributed by atoms with Crippen LogP contribution >= 0.6 is 11.6 Å². The van der Waals surface area contributed by atoms with Crippen LogP contribution in [0.15, 0.2) is 36.4 Å². The Morgan fingerprint density at radius 2 is 1.94 bits per heavy atom. The van der Waals surface area contributed by atoms with Gasteiger partial charge in [0.25, 0.3) is 0 Å². The van der Waals surface area contributed by atoms with Gasteiger partial charge in [0.1, 0.15) is 5.82 Å². The summed E-state index contributed by atoms with van der Waals surface area (Å²) in [6.45, 7) is 0. The lowest BCUT2D eigenvalue weighted by Crippen LogP contribution is -2.13. The second kappa shape index (κ2) is 5.10. The first-order chi connectivity index (χ1) is 8.22. The third kappa shape index (κ3) is 2.53. The van der Waals surface area contributed by atoms with Gasteiger partial charge >= 0.3 is 0 Å². The maximum absolute atomic E-state index is 13.6. The summed E-state index contributed by atoms with van der Waals surface area (Å²) in [7, 11) is 1.74. The highest BCUT2D eigenvalue weighted by molar-refractivity contribution is 6.16. The third-order valence-electron chi connectivity index (χ3n) is 2.40. The molecule has 0 aliphatic heterocycles. The number of hydrogen-bond acceptors (Lipinski definition) is 3. The van der Waals surface area contributed by atoms with E-state index in [0.29, 0.717) is 23.1 Å². The lowest BCUT2D eigenvalue weighted by Gasteiger charge is -2.18. The number of aromatic nitrogens is 2. The number of benzene rings is 1. The zero-order chi connectivity index (χ0) is 12.3. The van der Waals surface area contributed by atoms with Crippen molar-refractivity contribution in [2.75, 3.05) is 11.9 Å². The van der Waals surface area contributed by atoms with Crippen LogP contribution in [0.4, 0.5) is 15.9 Å². The molecular formula is C12H11ClFN3. The first-order valence-corrected chi connectivity index (χ1v) is 5.62. The Morgan fingerprint density at radius 3 is 2.53 bits per heavy atom. The van der Waals surface area contributed by atoms with E-state index in [9.17, 15) is 4.39 Å². The van der Waals surface area contributed by atoms with Crippen LogP contribution in [0, 0.1) is 5.82 Å². The van der Waals surface area contributed by atoms with Gasteiger partial charge in [0.15, 0.2) is 5.82 Å². The van der Waals surface area contributed by atoms with Gasteiger partial charge in [-0.2, -0.15) is 5.10 Å². The molecule has 3 nitrogen and oxygen atoms in total. The van der Waals surface area contributed by atoms with Crippen molar-refractivity contribution in [3.8, 4) is 0 Å². The topological polar surface area (TPSA) is 29.0 Å². The lowest BCUT2D eigenvalue weighted by atomic mass is 10.3. The summed E-state index contributed by atoms with van der Waals surface area (Å²) in [4.78, 5) is 1.64. The Bertz CT molecular complexity index is 501. The minimum absolute atomic E-state index is 0.293. The fourth-order valence-corrected chi connectivity index (χ4v) is 1.59. The van der Waals surface area contributed by atoms with E-state index >= 15 is 0 Å². The van der Waals surface area contributed by atoms with E-state index in [0.717, 1.165) is 0 Å². The molecule has 0 bridgehead atoms. The molecule has 0 radical (unpaired) electrons. The molecular weight excluding hydrogens is 241 g/mol. The molecule has 0 N–H and O–H groups in total. The second-order valence-electron chi connectivity index (χ2n) is 3.53. The molecule has 0 aliphatic carbocycles. The molecule has 1 heterocycles. The van der Waals surface area contributed by atoms with Crippen molar-refractivity contribution in [1.82, 2.24) is 10.2 Å². The van der Waals surface area contributed by atoms with Crippen LogP contribution in [0.5, 0.6) is 0 Å². The Kier molecular flexibility index (Phi) is 3.54. The summed E-state index contributed by atoms with van der Waals surface area (Å²) < 4.78 is 13.6. The number of anilines is 2. The fraction of sp³-hybridized carbons (Fsp3) is 0.167. The highest BCUT2D eigenvalue weighted by Crippen LogP contribution is 2.23. The third-order valence-corrected chi connectivity index (χ3v) is 2.67. The van der Waals surface area contributed by atoms with Gasteiger partial charge in [-0.25, -0.2) is 4.39 Å². The summed E-state index contributed by atoms with van der Waals surface area (Å²) in [5.41, 5.74) is 1.15. The first kappa shape index (κ1) is 11.8. The van der Waals surface area contributed by atoms with Crippen molar-refractivity contribution >= 4 is 23.1 Å². The summed E-state index contributed by atoms with van der Waals surface area (Å²) >= 11 is 5.62. The predicted octanol–water partition coefficient (Wildman–Crippen LogP) is 3.12. The molecule has 0 saturated heterocycles. The standard InChI is InChI=1S/C12H11ClFN3/c1-17(11-5-3-2-4-10(11)14)12-7-6-9(8-13)15-16-12/h2-7H,8H2,1H3. The molecule has 0 spiro atoms. The molecule has 0 aliphatic rings. The number of hydrogen-bond donors (Lipinski definition) is 0. The molecule has 1 aromatic carbocycles. The Labute approximate surface area is 104 Å². The van der Waals surface area contributed by atoms with Gasteiger partial charge in [0.2, 0.25) is 0 Å². The number of halogens is 2. The molecule has 0 unspecified atom stereocenters. The van der Waals surface area contributed by atoms with E-state index in [2.05, 4.69) is 10.2 Å². The first-order valence-electron chi connectivity index (χ1n) is 5.09. The summed E-state index contributed by atoms with van der Waals surface area (Å²) in [6, 6.07) is 10.0. The average Bonchev–Trinajstić information content (AvgIpc) is 2.39. The van der Waals surface area contributed by atoms with E-state index in [4.69, 9.17) is 11.6 Å². The van der Waals surface area contributed by atoms with Gasteiger partial charge in [-0.1, -0.05) is 12.1 Å². The Morgan fingerprint density at radius 1 is 1.18 bits per heavy atom.